The normalized spacial score (nSPS) is 15.1. The first-order chi connectivity index (χ1) is 5.06. The van der Waals surface area contributed by atoms with Crippen molar-refractivity contribution < 1.29 is 24.5 Å². The van der Waals surface area contributed by atoms with Gasteiger partial charge in [-0.25, -0.2) is 0 Å². The third-order valence-electron chi connectivity index (χ3n) is 2.04. The van der Waals surface area contributed by atoms with Crippen LogP contribution in [0.2, 0.25) is 0 Å². The molecule has 1 nitrogen and oxygen atoms in total. The Kier molecular flexibility index (Phi) is 6.70. The second-order valence-corrected chi connectivity index (χ2v) is 11.6. The second kappa shape index (κ2) is 5.11. The van der Waals surface area contributed by atoms with Gasteiger partial charge in [-0.15, -0.1) is 0 Å². The van der Waals surface area contributed by atoms with Gasteiger partial charge in [0.25, 0.3) is 0 Å². The molecule has 0 unspecified atom stereocenters. The third-order valence-corrected chi connectivity index (χ3v) is 10.7. The molecule has 86 valence electrons. The third kappa shape index (κ3) is 3.60. The predicted octanol–water partition coefficient (Wildman–Crippen LogP) is 4.57. The number of rotatable bonds is 1. The van der Waals surface area contributed by atoms with E-state index in [2.05, 4.69) is 41.5 Å². The molecule has 0 saturated carbocycles. The van der Waals surface area contributed by atoms with Crippen LogP contribution in [0.5, 0.6) is 0 Å². The van der Waals surface area contributed by atoms with Crippen LogP contribution in [0.4, 0.5) is 0 Å². The van der Waals surface area contributed by atoms with Crippen LogP contribution in [0.25, 0.3) is 0 Å². The molecule has 0 bridgehead atoms. The second-order valence-electron chi connectivity index (χ2n) is 5.17. The number of halogens is 2. The van der Waals surface area contributed by atoms with Gasteiger partial charge in [-0.3, -0.25) is 0 Å². The van der Waals surface area contributed by atoms with Crippen molar-refractivity contribution in [2.45, 2.75) is 51.9 Å². The Morgan fingerprint density at radius 3 is 1.15 bits per heavy atom. The molecule has 0 N–H and O–H groups in total. The fourth-order valence-electron chi connectivity index (χ4n) is 1.36. The van der Waals surface area contributed by atoms with Gasteiger partial charge in [0.05, 0.1) is 0 Å². The van der Waals surface area contributed by atoms with Crippen molar-refractivity contribution in [2.75, 3.05) is 0 Å². The molecular weight excluding hydrogens is 320 g/mol. The van der Waals surface area contributed by atoms with Gasteiger partial charge >= 0.3 is 85.9 Å². The smallest absolute Gasteiger partial charge is 0 e. The average Bonchev–Trinajstić information content (AvgIpc) is 1.81. The van der Waals surface area contributed by atoms with Crippen LogP contribution < -0.4 is 0 Å². The zero-order valence-corrected chi connectivity index (χ0v) is 13.0. The zero-order chi connectivity index (χ0) is 10.2. The predicted molar refractivity (Wildman–Crippen MR) is 60.6 cm³/mol. The maximum absolute atomic E-state index is 6.46. The Balaban J connectivity index is 0. The van der Waals surface area contributed by atoms with Crippen molar-refractivity contribution in [1.29, 1.82) is 0 Å². The Hall–Kier alpha value is 1.63. The van der Waals surface area contributed by atoms with Crippen molar-refractivity contribution in [1.82, 2.24) is 0 Å². The van der Waals surface area contributed by atoms with E-state index < -0.39 is 6.84 Å². The van der Waals surface area contributed by atoms with Crippen molar-refractivity contribution in [3.8, 4) is 0 Å². The Bertz CT molecular complexity index is 149. The molecule has 0 radical (unpaired) electrons. The number of hydrogen-bond acceptors (Lipinski definition) is 1. The van der Waals surface area contributed by atoms with E-state index >= 15 is 0 Å². The van der Waals surface area contributed by atoms with Gasteiger partial charge in [0.2, 0.25) is 0 Å². The topological polar surface area (TPSA) is 9.23 Å². The van der Waals surface area contributed by atoms with E-state index in [-0.39, 0.29) is 30.7 Å². The van der Waals surface area contributed by atoms with E-state index in [0.717, 1.165) is 0 Å². The SMILES string of the molecule is CC(C)(C)[PH](Cl)(OCl)C(C)(C)C.[Pd]. The van der Waals surface area contributed by atoms with E-state index in [4.69, 9.17) is 27.2 Å². The van der Waals surface area contributed by atoms with Gasteiger partial charge < -0.3 is 0 Å². The summed E-state index contributed by atoms with van der Waals surface area (Å²) in [7, 11) is 0. The molecule has 5 heteroatoms. The molecule has 0 fully saturated rings. The first-order valence-corrected chi connectivity index (χ1v) is 7.28. The quantitative estimate of drug-likeness (QED) is 0.502. The first kappa shape index (κ1) is 17.0. The zero-order valence-electron chi connectivity index (χ0n) is 8.98. The molecule has 0 amide bonds. The minimum absolute atomic E-state index is 0. The van der Waals surface area contributed by atoms with Gasteiger partial charge in [-0.2, -0.15) is 0 Å². The molecule has 0 aliphatic carbocycles. The van der Waals surface area contributed by atoms with E-state index in [1.807, 2.05) is 0 Å². The molecule has 0 aromatic rings. The monoisotopic (exact) mass is 338 g/mol. The maximum atomic E-state index is 6.46. The molecule has 0 rings (SSSR count). The van der Waals surface area contributed by atoms with Crippen LogP contribution in [0.1, 0.15) is 41.5 Å². The van der Waals surface area contributed by atoms with Gasteiger partial charge in [-0.05, 0) is 0 Å². The van der Waals surface area contributed by atoms with E-state index in [0.29, 0.717) is 0 Å². The molecule has 0 atom stereocenters. The van der Waals surface area contributed by atoms with Crippen LogP contribution >= 0.6 is 29.9 Å². The Morgan fingerprint density at radius 1 is 0.923 bits per heavy atom. The van der Waals surface area contributed by atoms with E-state index in [1.165, 1.54) is 0 Å². The molecule has 13 heavy (non-hydrogen) atoms. The van der Waals surface area contributed by atoms with E-state index in [9.17, 15) is 0 Å². The standard InChI is InChI=1S/C8H19Cl2OP.Pd/c1-7(2,3)12(10,11-9)8(4,5)6;/h12H,1-6H3;. The van der Waals surface area contributed by atoms with Crippen molar-refractivity contribution in [2.24, 2.45) is 0 Å². The van der Waals surface area contributed by atoms with Crippen LogP contribution in [-0.2, 0) is 24.5 Å². The van der Waals surface area contributed by atoms with Gasteiger partial charge in [0.1, 0.15) is 0 Å². The Labute approximate surface area is 106 Å². The molecule has 0 aromatic heterocycles. The number of hydrogen-bond donors (Lipinski definition) is 0. The van der Waals surface area contributed by atoms with Crippen LogP contribution in [-0.4, -0.2) is 10.3 Å². The maximum Gasteiger partial charge on any atom is 0 e. The fourth-order valence-corrected chi connectivity index (χ4v) is 5.46. The van der Waals surface area contributed by atoms with Crippen molar-refractivity contribution in [3.05, 3.63) is 0 Å². The summed E-state index contributed by atoms with van der Waals surface area (Å²) in [5.74, 6) is 0. The average molecular weight is 340 g/mol. The summed E-state index contributed by atoms with van der Waals surface area (Å²) in [6.45, 7) is 10.0. The van der Waals surface area contributed by atoms with Gasteiger partial charge in [-0.1, -0.05) is 0 Å². The fraction of sp³-hybridized carbons (Fsp3) is 1.00. The molecule has 0 aliphatic heterocycles. The summed E-state index contributed by atoms with van der Waals surface area (Å²) in [6, 6.07) is 0. The largest absolute Gasteiger partial charge is 0 e. The summed E-state index contributed by atoms with van der Waals surface area (Å²) in [6.07, 6.45) is 0. The summed E-state index contributed by atoms with van der Waals surface area (Å²) in [5.41, 5.74) is 0. The van der Waals surface area contributed by atoms with Gasteiger partial charge in [0.15, 0.2) is 0 Å². The molecule has 0 aliphatic rings. The molecule has 0 heterocycles. The van der Waals surface area contributed by atoms with Crippen LogP contribution in [0.3, 0.4) is 0 Å². The summed E-state index contributed by atoms with van der Waals surface area (Å²) < 4.78 is 5.04. The van der Waals surface area contributed by atoms with E-state index in [1.54, 1.807) is 0 Å². The minimum Gasteiger partial charge on any atom is 0 e. The Morgan fingerprint density at radius 2 is 1.15 bits per heavy atom. The summed E-state index contributed by atoms with van der Waals surface area (Å²) in [5, 5.41) is -0.122. The molecule has 0 saturated heterocycles. The minimum atomic E-state index is -2.39. The van der Waals surface area contributed by atoms with Crippen molar-refractivity contribution in [3.63, 3.8) is 0 Å². The first-order valence-electron chi connectivity index (χ1n) is 4.05. The molecule has 0 spiro atoms. The molecule has 0 aromatic carbocycles. The van der Waals surface area contributed by atoms with Crippen LogP contribution in [0, 0.1) is 0 Å². The van der Waals surface area contributed by atoms with Crippen LogP contribution in [0.15, 0.2) is 0 Å². The summed E-state index contributed by atoms with van der Waals surface area (Å²) in [4.78, 5) is 0. The summed E-state index contributed by atoms with van der Waals surface area (Å²) >= 11 is 12.0. The van der Waals surface area contributed by atoms with Gasteiger partial charge in [0, 0.05) is 20.4 Å². The molecular formula is C8H19Cl2OPPd. The van der Waals surface area contributed by atoms with Crippen molar-refractivity contribution >= 4 is 29.9 Å².